The molecule has 0 spiro atoms. The quantitative estimate of drug-likeness (QED) is 0.374. The first kappa shape index (κ1) is 27.3. The lowest BCUT2D eigenvalue weighted by atomic mass is 10.00. The lowest BCUT2D eigenvalue weighted by molar-refractivity contribution is -0.154. The van der Waals surface area contributed by atoms with E-state index in [2.05, 4.69) is 34.2 Å². The Morgan fingerprint density at radius 1 is 1.17 bits per heavy atom. The highest BCUT2D eigenvalue weighted by Crippen LogP contribution is 2.25. The van der Waals surface area contributed by atoms with E-state index < -0.39 is 35.8 Å². The number of imidazole rings is 1. The van der Waals surface area contributed by atoms with Crippen LogP contribution in [0.25, 0.3) is 0 Å². The zero-order valence-corrected chi connectivity index (χ0v) is 21.2. The van der Waals surface area contributed by atoms with E-state index in [9.17, 15) is 14.4 Å². The van der Waals surface area contributed by atoms with Crippen LogP contribution in [0.2, 0.25) is 0 Å². The van der Waals surface area contributed by atoms with Gasteiger partial charge in [0.05, 0.1) is 12.4 Å². The lowest BCUT2D eigenvalue weighted by Gasteiger charge is -2.25. The van der Waals surface area contributed by atoms with E-state index in [-0.39, 0.29) is 25.7 Å². The zero-order valence-electron chi connectivity index (χ0n) is 21.2. The Morgan fingerprint density at radius 3 is 2.50 bits per heavy atom. The predicted octanol–water partition coefficient (Wildman–Crippen LogP) is 1.53. The minimum Gasteiger partial charge on any atom is -0.463 e. The van der Waals surface area contributed by atoms with Crippen LogP contribution in [0.15, 0.2) is 42.9 Å². The molecule has 0 aliphatic carbocycles. The first-order chi connectivity index (χ1) is 17.3. The summed E-state index contributed by atoms with van der Waals surface area (Å²) in [5.41, 5.74) is 6.99. The monoisotopic (exact) mass is 499 g/mol. The van der Waals surface area contributed by atoms with Crippen LogP contribution in [-0.4, -0.2) is 77.1 Å². The molecule has 36 heavy (non-hydrogen) atoms. The van der Waals surface area contributed by atoms with Gasteiger partial charge in [-0.3, -0.25) is 14.5 Å². The van der Waals surface area contributed by atoms with E-state index in [1.54, 1.807) is 18.3 Å². The van der Waals surface area contributed by atoms with Gasteiger partial charge < -0.3 is 25.5 Å². The van der Waals surface area contributed by atoms with Gasteiger partial charge >= 0.3 is 11.9 Å². The second-order valence-electron chi connectivity index (χ2n) is 9.31. The van der Waals surface area contributed by atoms with Crippen LogP contribution >= 0.6 is 0 Å². The Morgan fingerprint density at radius 2 is 1.89 bits per heavy atom. The second-order valence-corrected chi connectivity index (χ2v) is 9.31. The van der Waals surface area contributed by atoms with E-state index in [1.807, 2.05) is 18.2 Å². The largest absolute Gasteiger partial charge is 0.463 e. The topological polar surface area (TPSA) is 140 Å². The molecule has 1 amide bonds. The maximum Gasteiger partial charge on any atom is 0.329 e. The molecule has 4 N–H and O–H groups in total. The molecule has 0 bridgehead atoms. The maximum absolute atomic E-state index is 13.1. The number of hydrogen-bond donors (Lipinski definition) is 3. The van der Waals surface area contributed by atoms with Gasteiger partial charge in [0, 0.05) is 30.4 Å². The number of benzene rings is 1. The number of carbonyl (C=O) groups excluding carboxylic acids is 3. The summed E-state index contributed by atoms with van der Waals surface area (Å²) in [6.07, 6.45) is 6.30. The molecule has 0 saturated carbocycles. The molecule has 2 aromatic rings. The molecular weight excluding hydrogens is 462 g/mol. The van der Waals surface area contributed by atoms with Crippen LogP contribution in [0, 0.1) is 0 Å². The number of esters is 2. The third-order valence-electron chi connectivity index (χ3n) is 6.75. The third kappa shape index (κ3) is 7.38. The summed E-state index contributed by atoms with van der Waals surface area (Å²) in [7, 11) is 2.06. The van der Waals surface area contributed by atoms with E-state index >= 15 is 0 Å². The van der Waals surface area contributed by atoms with Crippen molar-refractivity contribution in [2.24, 2.45) is 5.73 Å². The van der Waals surface area contributed by atoms with Crippen LogP contribution in [0.5, 0.6) is 0 Å². The average Bonchev–Trinajstić information content (AvgIpc) is 3.52. The van der Waals surface area contributed by atoms with Gasteiger partial charge in [0.2, 0.25) is 5.91 Å². The molecule has 1 aromatic carbocycles. The van der Waals surface area contributed by atoms with Gasteiger partial charge in [-0.25, -0.2) is 9.78 Å². The molecule has 1 saturated heterocycles. The Labute approximate surface area is 211 Å². The molecule has 1 aliphatic heterocycles. The van der Waals surface area contributed by atoms with Crippen molar-refractivity contribution in [3.8, 4) is 0 Å². The normalized spacial score (nSPS) is 20.3. The standard InChI is InChI=1S/C26H37N5O5/c1-4-20-10-11-21(31(20)3)14-35-25(33)22(18-8-6-5-7-9-18)15-36-26(34)23(30-24(32)17(2)27)12-19-13-28-16-29-19/h5-9,13,16-17,20-23H,4,10-12,14-15,27H2,1-3H3,(H,28,29)(H,30,32)/t17?,20?,21-,22?,23?/m1/s1. The Bertz CT molecular complexity index is 982. The molecule has 3 rings (SSSR count). The molecular formula is C26H37N5O5. The van der Waals surface area contributed by atoms with Gasteiger partial charge in [-0.15, -0.1) is 0 Å². The van der Waals surface area contributed by atoms with Crippen LogP contribution in [0.4, 0.5) is 0 Å². The molecule has 5 atom stereocenters. The highest BCUT2D eigenvalue weighted by atomic mass is 16.6. The van der Waals surface area contributed by atoms with Crippen molar-refractivity contribution in [2.45, 2.75) is 69.6 Å². The number of likely N-dealkylation sites (tertiary alicyclic amines) is 1. The number of H-pyrrole nitrogens is 1. The van der Waals surface area contributed by atoms with E-state index in [0.29, 0.717) is 17.3 Å². The highest BCUT2D eigenvalue weighted by Gasteiger charge is 2.32. The minimum atomic E-state index is -0.991. The molecule has 1 fully saturated rings. The fourth-order valence-corrected chi connectivity index (χ4v) is 4.43. The number of hydrogen-bond acceptors (Lipinski definition) is 8. The number of ether oxygens (including phenoxy) is 2. The first-order valence-electron chi connectivity index (χ1n) is 12.4. The first-order valence-corrected chi connectivity index (χ1v) is 12.4. The van der Waals surface area contributed by atoms with Crippen molar-refractivity contribution in [3.05, 3.63) is 54.1 Å². The van der Waals surface area contributed by atoms with Gasteiger partial charge in [-0.1, -0.05) is 37.3 Å². The summed E-state index contributed by atoms with van der Waals surface area (Å²) in [6.45, 7) is 3.76. The summed E-state index contributed by atoms with van der Waals surface area (Å²) in [5.74, 6) is -2.40. The Balaban J connectivity index is 1.66. The van der Waals surface area contributed by atoms with Crippen molar-refractivity contribution in [1.82, 2.24) is 20.2 Å². The number of likely N-dealkylation sites (N-methyl/N-ethyl adjacent to an activating group) is 1. The molecule has 1 aromatic heterocycles. The fourth-order valence-electron chi connectivity index (χ4n) is 4.43. The molecule has 1 aliphatic rings. The number of amides is 1. The summed E-state index contributed by atoms with van der Waals surface area (Å²) in [5, 5.41) is 2.62. The molecule has 0 radical (unpaired) electrons. The smallest absolute Gasteiger partial charge is 0.329 e. The van der Waals surface area contributed by atoms with Crippen LogP contribution in [-0.2, 0) is 30.3 Å². The summed E-state index contributed by atoms with van der Waals surface area (Å²) in [6, 6.07) is 7.96. The van der Waals surface area contributed by atoms with Gasteiger partial charge in [0.1, 0.15) is 25.2 Å². The van der Waals surface area contributed by atoms with Crippen molar-refractivity contribution in [1.29, 1.82) is 0 Å². The van der Waals surface area contributed by atoms with Crippen LogP contribution in [0.1, 0.15) is 50.3 Å². The van der Waals surface area contributed by atoms with Gasteiger partial charge in [0.25, 0.3) is 0 Å². The minimum absolute atomic E-state index is 0.143. The Hall–Kier alpha value is -3.24. The number of nitrogens with one attached hydrogen (secondary N) is 2. The predicted molar refractivity (Wildman–Crippen MR) is 134 cm³/mol. The highest BCUT2D eigenvalue weighted by molar-refractivity contribution is 5.87. The number of aromatic amines is 1. The summed E-state index contributed by atoms with van der Waals surface area (Å²) in [4.78, 5) is 47.4. The zero-order chi connectivity index (χ0) is 26.1. The van der Waals surface area contributed by atoms with Gasteiger partial charge in [0.15, 0.2) is 0 Å². The van der Waals surface area contributed by atoms with E-state index in [0.717, 1.165) is 19.3 Å². The number of nitrogens with two attached hydrogens (primary N) is 1. The Kier molecular flexibility index (Phi) is 10.0. The van der Waals surface area contributed by atoms with Crippen molar-refractivity contribution >= 4 is 17.8 Å². The van der Waals surface area contributed by atoms with E-state index in [4.69, 9.17) is 15.2 Å². The number of rotatable bonds is 12. The van der Waals surface area contributed by atoms with Gasteiger partial charge in [-0.2, -0.15) is 0 Å². The second kappa shape index (κ2) is 13.2. The van der Waals surface area contributed by atoms with Crippen molar-refractivity contribution < 1.29 is 23.9 Å². The number of aromatic nitrogens is 2. The van der Waals surface area contributed by atoms with Crippen LogP contribution in [0.3, 0.4) is 0 Å². The molecule has 196 valence electrons. The van der Waals surface area contributed by atoms with Gasteiger partial charge in [-0.05, 0) is 38.8 Å². The summed E-state index contributed by atoms with van der Waals surface area (Å²) >= 11 is 0. The molecule has 10 nitrogen and oxygen atoms in total. The number of nitrogens with zero attached hydrogens (tertiary/aromatic N) is 2. The third-order valence-corrected chi connectivity index (χ3v) is 6.75. The fraction of sp³-hybridized carbons (Fsp3) is 0.538. The SMILES string of the molecule is CCC1CC[C@H](COC(=O)C(COC(=O)C(Cc2cnc[nH]2)NC(=O)C(C)N)c2ccccc2)N1C. The molecule has 10 heteroatoms. The van der Waals surface area contributed by atoms with Crippen molar-refractivity contribution in [3.63, 3.8) is 0 Å². The van der Waals surface area contributed by atoms with Crippen LogP contribution < -0.4 is 11.1 Å². The number of carbonyl (C=O) groups is 3. The average molecular weight is 500 g/mol. The summed E-state index contributed by atoms with van der Waals surface area (Å²) < 4.78 is 11.3. The van der Waals surface area contributed by atoms with Crippen molar-refractivity contribution in [2.75, 3.05) is 20.3 Å². The lowest BCUT2D eigenvalue weighted by Crippen LogP contribution is -2.49. The molecule has 2 heterocycles. The maximum atomic E-state index is 13.1. The van der Waals surface area contributed by atoms with E-state index in [1.165, 1.54) is 13.3 Å². The molecule has 4 unspecified atom stereocenters.